The molecule has 0 saturated carbocycles. The van der Waals surface area contributed by atoms with Crippen molar-refractivity contribution in [3.8, 4) is 5.69 Å². The zero-order valence-electron chi connectivity index (χ0n) is 16.1. The number of thioether (sulfide) groups is 1. The number of rotatable bonds is 8. The minimum atomic E-state index is -0.587. The van der Waals surface area contributed by atoms with Gasteiger partial charge < -0.3 is 4.90 Å². The van der Waals surface area contributed by atoms with Crippen molar-refractivity contribution in [2.45, 2.75) is 5.16 Å². The van der Waals surface area contributed by atoms with E-state index in [1.165, 1.54) is 22.8 Å². The van der Waals surface area contributed by atoms with E-state index in [1.54, 1.807) is 41.3 Å². The van der Waals surface area contributed by atoms with Crippen LogP contribution in [0.2, 0.25) is 5.02 Å². The predicted molar refractivity (Wildman–Crippen MR) is 120 cm³/mol. The van der Waals surface area contributed by atoms with Gasteiger partial charge in [-0.2, -0.15) is 0 Å². The molecule has 2 aromatic carbocycles. The van der Waals surface area contributed by atoms with E-state index in [4.69, 9.17) is 11.6 Å². The molecule has 5 nitrogen and oxygen atoms in total. The number of amides is 1. The Kier molecular flexibility index (Phi) is 7.07. The molecule has 3 aromatic rings. The van der Waals surface area contributed by atoms with E-state index in [9.17, 15) is 14.0 Å². The molecule has 154 valence electrons. The van der Waals surface area contributed by atoms with Crippen molar-refractivity contribution in [1.29, 1.82) is 0 Å². The van der Waals surface area contributed by atoms with Crippen LogP contribution in [0.5, 0.6) is 0 Å². The van der Waals surface area contributed by atoms with Gasteiger partial charge in [0.15, 0.2) is 5.16 Å². The van der Waals surface area contributed by atoms with Gasteiger partial charge in [-0.05, 0) is 30.3 Å². The Hall–Kier alpha value is -2.90. The Morgan fingerprint density at radius 2 is 1.90 bits per heavy atom. The summed E-state index contributed by atoms with van der Waals surface area (Å²) in [5.41, 5.74) is 0.553. The molecule has 0 bridgehead atoms. The van der Waals surface area contributed by atoms with Crippen LogP contribution in [0, 0.1) is 5.82 Å². The average Bonchev–Trinajstić information content (AvgIpc) is 2.74. The highest BCUT2D eigenvalue weighted by molar-refractivity contribution is 7.99. The molecule has 0 fully saturated rings. The first kappa shape index (κ1) is 21.8. The lowest BCUT2D eigenvalue weighted by molar-refractivity contribution is -0.127. The van der Waals surface area contributed by atoms with Gasteiger partial charge in [-0.15, -0.1) is 13.2 Å². The molecule has 8 heteroatoms. The maximum absolute atomic E-state index is 13.6. The number of carbonyl (C=O) groups is 1. The molecule has 0 unspecified atom stereocenters. The highest BCUT2D eigenvalue weighted by Gasteiger charge is 2.17. The van der Waals surface area contributed by atoms with Crippen LogP contribution in [-0.2, 0) is 4.79 Å². The molecule has 1 heterocycles. The third-order valence-electron chi connectivity index (χ3n) is 4.28. The highest BCUT2D eigenvalue weighted by atomic mass is 35.5. The summed E-state index contributed by atoms with van der Waals surface area (Å²) in [6.07, 6.45) is 3.27. The van der Waals surface area contributed by atoms with Gasteiger partial charge in [-0.25, -0.2) is 9.37 Å². The third kappa shape index (κ3) is 4.63. The lowest BCUT2D eigenvalue weighted by Gasteiger charge is -2.19. The van der Waals surface area contributed by atoms with Gasteiger partial charge >= 0.3 is 0 Å². The van der Waals surface area contributed by atoms with Gasteiger partial charge in [0.25, 0.3) is 5.56 Å². The number of benzene rings is 2. The Morgan fingerprint density at radius 3 is 2.57 bits per heavy atom. The molecule has 30 heavy (non-hydrogen) atoms. The minimum Gasteiger partial charge on any atom is -0.335 e. The van der Waals surface area contributed by atoms with Gasteiger partial charge in [0, 0.05) is 13.1 Å². The van der Waals surface area contributed by atoms with Crippen molar-refractivity contribution < 1.29 is 9.18 Å². The molecule has 3 rings (SSSR count). The van der Waals surface area contributed by atoms with E-state index in [0.29, 0.717) is 34.8 Å². The first-order valence-corrected chi connectivity index (χ1v) is 10.4. The Morgan fingerprint density at radius 1 is 1.20 bits per heavy atom. The van der Waals surface area contributed by atoms with Crippen LogP contribution in [0.1, 0.15) is 0 Å². The number of carbonyl (C=O) groups excluding carboxylic acids is 1. The summed E-state index contributed by atoms with van der Waals surface area (Å²) in [4.78, 5) is 31.9. The summed E-state index contributed by atoms with van der Waals surface area (Å²) < 4.78 is 15.0. The monoisotopic (exact) mass is 443 g/mol. The molecule has 0 atom stereocenters. The van der Waals surface area contributed by atoms with E-state index in [-0.39, 0.29) is 22.2 Å². The minimum absolute atomic E-state index is 0.0569. The maximum Gasteiger partial charge on any atom is 0.266 e. The summed E-state index contributed by atoms with van der Waals surface area (Å²) in [5, 5.41) is 0.614. The van der Waals surface area contributed by atoms with Gasteiger partial charge in [0.1, 0.15) is 5.82 Å². The summed E-state index contributed by atoms with van der Waals surface area (Å²) >= 11 is 7.05. The van der Waals surface area contributed by atoms with Crippen molar-refractivity contribution >= 4 is 40.2 Å². The van der Waals surface area contributed by atoms with Crippen molar-refractivity contribution in [3.05, 3.63) is 89.0 Å². The lowest BCUT2D eigenvalue weighted by atomic mass is 10.2. The topological polar surface area (TPSA) is 55.2 Å². The normalized spacial score (nSPS) is 10.7. The number of hydrogen-bond acceptors (Lipinski definition) is 4. The molecule has 0 spiro atoms. The number of halogens is 2. The average molecular weight is 444 g/mol. The van der Waals surface area contributed by atoms with Crippen molar-refractivity contribution in [3.63, 3.8) is 0 Å². The second-order valence-corrected chi connectivity index (χ2v) is 7.66. The van der Waals surface area contributed by atoms with Gasteiger partial charge in [-0.3, -0.25) is 14.2 Å². The molecule has 1 amide bonds. The quantitative estimate of drug-likeness (QED) is 0.293. The Balaban J connectivity index is 2.05. The second kappa shape index (κ2) is 9.73. The van der Waals surface area contributed by atoms with Crippen molar-refractivity contribution in [2.24, 2.45) is 0 Å². The molecule has 0 saturated heterocycles. The summed E-state index contributed by atoms with van der Waals surface area (Å²) in [6.45, 7) is 8.10. The van der Waals surface area contributed by atoms with Gasteiger partial charge in [0.05, 0.1) is 27.4 Å². The van der Waals surface area contributed by atoms with Crippen LogP contribution >= 0.6 is 23.4 Å². The molecule has 0 radical (unpaired) electrons. The summed E-state index contributed by atoms with van der Waals surface area (Å²) in [6, 6.07) is 10.9. The third-order valence-corrected chi connectivity index (χ3v) is 5.50. The molecule has 0 N–H and O–H groups in total. The first-order chi connectivity index (χ1) is 14.5. The lowest BCUT2D eigenvalue weighted by Crippen LogP contribution is -2.33. The fourth-order valence-corrected chi connectivity index (χ4v) is 3.96. The van der Waals surface area contributed by atoms with Crippen LogP contribution in [-0.4, -0.2) is 39.2 Å². The smallest absolute Gasteiger partial charge is 0.266 e. The molecular formula is C22H19ClFN3O2S. The molecule has 1 aromatic heterocycles. The fraction of sp³-hybridized carbons (Fsp3) is 0.136. The van der Waals surface area contributed by atoms with E-state index < -0.39 is 5.82 Å². The van der Waals surface area contributed by atoms with Gasteiger partial charge in [-0.1, -0.05) is 47.6 Å². The van der Waals surface area contributed by atoms with E-state index >= 15 is 0 Å². The zero-order valence-corrected chi connectivity index (χ0v) is 17.6. The standard InChI is InChI=1S/C22H19ClFN3O2S/c1-3-11-26(12-4-2)20(28)14-30-22-25-19-8-6-5-7-16(19)21(29)27(22)15-9-10-18(24)17(23)13-15/h3-10,13H,1-2,11-12,14H2. The molecule has 0 aliphatic carbocycles. The van der Waals surface area contributed by atoms with Crippen LogP contribution in [0.3, 0.4) is 0 Å². The SMILES string of the molecule is C=CCN(CC=C)C(=O)CSc1nc2ccccc2c(=O)n1-c1ccc(F)c(Cl)c1. The van der Waals surface area contributed by atoms with Crippen LogP contribution in [0.4, 0.5) is 4.39 Å². The Bertz CT molecular complexity index is 1170. The van der Waals surface area contributed by atoms with E-state index in [1.807, 2.05) is 0 Å². The first-order valence-electron chi connectivity index (χ1n) is 9.06. The number of para-hydroxylation sites is 1. The fourth-order valence-electron chi connectivity index (χ4n) is 2.87. The van der Waals surface area contributed by atoms with E-state index in [2.05, 4.69) is 18.1 Å². The second-order valence-electron chi connectivity index (χ2n) is 6.32. The molecule has 0 aliphatic rings. The summed E-state index contributed by atoms with van der Waals surface area (Å²) in [5.74, 6) is -0.677. The zero-order chi connectivity index (χ0) is 21.7. The predicted octanol–water partition coefficient (Wildman–Crippen LogP) is 4.47. The molecule has 0 aliphatic heterocycles. The van der Waals surface area contributed by atoms with E-state index in [0.717, 1.165) is 11.8 Å². The van der Waals surface area contributed by atoms with Crippen LogP contribution in [0.15, 0.2) is 77.7 Å². The Labute approximate surface area is 182 Å². The van der Waals surface area contributed by atoms with Crippen molar-refractivity contribution in [2.75, 3.05) is 18.8 Å². The highest BCUT2D eigenvalue weighted by Crippen LogP contribution is 2.24. The van der Waals surface area contributed by atoms with Crippen LogP contribution < -0.4 is 5.56 Å². The van der Waals surface area contributed by atoms with Gasteiger partial charge in [0.2, 0.25) is 5.91 Å². The largest absolute Gasteiger partial charge is 0.335 e. The number of aromatic nitrogens is 2. The maximum atomic E-state index is 13.6. The molecular weight excluding hydrogens is 425 g/mol. The number of fused-ring (bicyclic) bond motifs is 1. The van der Waals surface area contributed by atoms with Crippen LogP contribution in [0.25, 0.3) is 16.6 Å². The van der Waals surface area contributed by atoms with Crippen molar-refractivity contribution in [1.82, 2.24) is 14.5 Å². The summed E-state index contributed by atoms with van der Waals surface area (Å²) in [7, 11) is 0. The number of hydrogen-bond donors (Lipinski definition) is 0. The number of nitrogens with zero attached hydrogens (tertiary/aromatic N) is 3.